The van der Waals surface area contributed by atoms with E-state index in [2.05, 4.69) is 19.1 Å². The van der Waals surface area contributed by atoms with Gasteiger partial charge in [0.1, 0.15) is 0 Å². The van der Waals surface area contributed by atoms with Crippen LogP contribution in [0.3, 0.4) is 0 Å². The third-order valence-electron chi connectivity index (χ3n) is 5.64. The van der Waals surface area contributed by atoms with Crippen molar-refractivity contribution in [3.05, 3.63) is 74.9 Å². The maximum atomic E-state index is 13.2. The number of allylic oxidation sites excluding steroid dienone is 2. The van der Waals surface area contributed by atoms with Crippen LogP contribution in [0.4, 0.5) is 5.69 Å². The maximum absolute atomic E-state index is 13.2. The summed E-state index contributed by atoms with van der Waals surface area (Å²) >= 11 is 12.6. The van der Waals surface area contributed by atoms with Gasteiger partial charge in [0.05, 0.1) is 15.7 Å². The lowest BCUT2D eigenvalue weighted by Crippen LogP contribution is -2.40. The zero-order valence-electron chi connectivity index (χ0n) is 15.7. The summed E-state index contributed by atoms with van der Waals surface area (Å²) in [6, 6.07) is 13.5. The van der Waals surface area contributed by atoms with Gasteiger partial charge in [0.15, 0.2) is 5.78 Å². The predicted molar refractivity (Wildman–Crippen MR) is 113 cm³/mol. The maximum Gasteiger partial charge on any atom is 0.232 e. The van der Waals surface area contributed by atoms with E-state index in [0.717, 1.165) is 29.7 Å². The average Bonchev–Trinajstić information content (AvgIpc) is 2.70. The van der Waals surface area contributed by atoms with E-state index in [0.29, 0.717) is 28.6 Å². The fraction of sp³-hybridized carbons (Fsp3) is 0.304. The quantitative estimate of drug-likeness (QED) is 0.610. The number of hydrogen-bond donors (Lipinski definition) is 0. The second kappa shape index (κ2) is 7.73. The first kappa shape index (κ1) is 19.2. The number of Topliss-reactive ketones (excluding diaryl/α,β-unsaturated/α-hetero) is 1. The van der Waals surface area contributed by atoms with Gasteiger partial charge in [-0.3, -0.25) is 14.5 Å². The molecule has 1 amide bonds. The minimum absolute atomic E-state index is 0.0535. The van der Waals surface area contributed by atoms with Gasteiger partial charge in [-0.15, -0.1) is 0 Å². The predicted octanol–water partition coefficient (Wildman–Crippen LogP) is 6.08. The largest absolute Gasteiger partial charge is 0.294 e. The van der Waals surface area contributed by atoms with Crippen molar-refractivity contribution in [2.45, 2.75) is 44.9 Å². The summed E-state index contributed by atoms with van der Waals surface area (Å²) in [5, 5.41) is 0.738. The molecule has 4 rings (SSSR count). The van der Waals surface area contributed by atoms with Crippen LogP contribution in [0, 0.1) is 0 Å². The molecule has 5 heteroatoms. The molecule has 2 aromatic carbocycles. The zero-order valence-corrected chi connectivity index (χ0v) is 17.2. The monoisotopic (exact) mass is 413 g/mol. The van der Waals surface area contributed by atoms with Crippen LogP contribution < -0.4 is 4.90 Å². The number of carbonyl (C=O) groups is 2. The van der Waals surface area contributed by atoms with Crippen LogP contribution in [-0.4, -0.2) is 11.7 Å². The number of amides is 1. The second-order valence-corrected chi connectivity index (χ2v) is 8.08. The number of hydrogen-bond acceptors (Lipinski definition) is 2. The first-order valence-corrected chi connectivity index (χ1v) is 10.4. The molecule has 2 aliphatic rings. The van der Waals surface area contributed by atoms with E-state index in [-0.39, 0.29) is 24.0 Å². The Labute approximate surface area is 174 Å². The standard InChI is InChI=1S/C23H21Cl2NO2/c1-2-14-9-11-15(12-10-14)16-13-21(28)26(18-6-4-8-20(27)22(16)18)19-7-3-5-17(24)23(19)25/h3,5,7,9-12,16H,2,4,6,8,13H2,1H3. The lowest BCUT2D eigenvalue weighted by Gasteiger charge is -2.38. The highest BCUT2D eigenvalue weighted by molar-refractivity contribution is 6.44. The second-order valence-electron chi connectivity index (χ2n) is 7.29. The average molecular weight is 414 g/mol. The normalized spacial score (nSPS) is 19.8. The number of rotatable bonds is 3. The topological polar surface area (TPSA) is 37.4 Å². The smallest absolute Gasteiger partial charge is 0.232 e. The molecule has 0 N–H and O–H groups in total. The highest BCUT2D eigenvalue weighted by Crippen LogP contribution is 2.45. The van der Waals surface area contributed by atoms with E-state index >= 15 is 0 Å². The Morgan fingerprint density at radius 3 is 2.50 bits per heavy atom. The summed E-state index contributed by atoms with van der Waals surface area (Å²) in [5.41, 5.74) is 4.35. The molecule has 1 heterocycles. The van der Waals surface area contributed by atoms with Gasteiger partial charge in [0, 0.05) is 30.0 Å². The summed E-state index contributed by atoms with van der Waals surface area (Å²) in [7, 11) is 0. The van der Waals surface area contributed by atoms with Crippen molar-refractivity contribution in [1.29, 1.82) is 0 Å². The van der Waals surface area contributed by atoms with Crippen LogP contribution in [0.2, 0.25) is 10.0 Å². The first-order valence-electron chi connectivity index (χ1n) is 9.63. The van der Waals surface area contributed by atoms with Crippen LogP contribution in [0.15, 0.2) is 53.7 Å². The Bertz CT molecular complexity index is 979. The van der Waals surface area contributed by atoms with Crippen molar-refractivity contribution in [1.82, 2.24) is 0 Å². The highest BCUT2D eigenvalue weighted by Gasteiger charge is 2.40. The Morgan fingerprint density at radius 1 is 1.04 bits per heavy atom. The molecule has 0 bridgehead atoms. The molecule has 0 spiro atoms. The molecule has 0 saturated heterocycles. The molecule has 144 valence electrons. The van der Waals surface area contributed by atoms with E-state index < -0.39 is 0 Å². The van der Waals surface area contributed by atoms with Gasteiger partial charge >= 0.3 is 0 Å². The van der Waals surface area contributed by atoms with Crippen molar-refractivity contribution < 1.29 is 9.59 Å². The van der Waals surface area contributed by atoms with Crippen molar-refractivity contribution in [2.24, 2.45) is 0 Å². The van der Waals surface area contributed by atoms with E-state index in [4.69, 9.17) is 23.2 Å². The Morgan fingerprint density at radius 2 is 1.79 bits per heavy atom. The fourth-order valence-electron chi connectivity index (χ4n) is 4.21. The highest BCUT2D eigenvalue weighted by atomic mass is 35.5. The number of halogens is 2. The van der Waals surface area contributed by atoms with Crippen LogP contribution >= 0.6 is 23.2 Å². The molecule has 0 fully saturated rings. The first-order chi connectivity index (χ1) is 13.5. The van der Waals surface area contributed by atoms with Crippen molar-refractivity contribution in [3.63, 3.8) is 0 Å². The number of anilines is 1. The Balaban J connectivity index is 1.85. The molecule has 0 radical (unpaired) electrons. The van der Waals surface area contributed by atoms with Crippen molar-refractivity contribution in [3.8, 4) is 0 Å². The molecule has 2 aromatic rings. The molecular weight excluding hydrogens is 393 g/mol. The van der Waals surface area contributed by atoms with Crippen LogP contribution in [-0.2, 0) is 16.0 Å². The van der Waals surface area contributed by atoms with Crippen LogP contribution in [0.25, 0.3) is 0 Å². The molecule has 28 heavy (non-hydrogen) atoms. The summed E-state index contributed by atoms with van der Waals surface area (Å²) in [6.45, 7) is 2.11. The SMILES string of the molecule is CCc1ccc(C2CC(=O)N(c3cccc(Cl)c3Cl)C3=C2C(=O)CCC3)cc1. The number of nitrogens with zero attached hydrogens (tertiary/aromatic N) is 1. The Hall–Kier alpha value is -2.10. The Kier molecular flexibility index (Phi) is 5.31. The number of carbonyl (C=O) groups excluding carboxylic acids is 2. The zero-order chi connectivity index (χ0) is 19.8. The van der Waals surface area contributed by atoms with E-state index in [1.54, 1.807) is 23.1 Å². The van der Waals surface area contributed by atoms with Gasteiger partial charge in [0.2, 0.25) is 5.91 Å². The number of ketones is 1. The van der Waals surface area contributed by atoms with Crippen LogP contribution in [0.5, 0.6) is 0 Å². The molecular formula is C23H21Cl2NO2. The van der Waals surface area contributed by atoms with Crippen molar-refractivity contribution >= 4 is 40.6 Å². The summed E-state index contributed by atoms with van der Waals surface area (Å²) in [4.78, 5) is 27.7. The minimum atomic E-state index is -0.199. The fourth-order valence-corrected chi connectivity index (χ4v) is 4.59. The van der Waals surface area contributed by atoms with Gasteiger partial charge in [0.25, 0.3) is 0 Å². The third kappa shape index (κ3) is 3.27. The molecule has 0 saturated carbocycles. The molecule has 1 atom stereocenters. The molecule has 1 aliphatic carbocycles. The van der Waals surface area contributed by atoms with Gasteiger partial charge in [-0.25, -0.2) is 0 Å². The lowest BCUT2D eigenvalue weighted by molar-refractivity contribution is -0.119. The molecule has 3 nitrogen and oxygen atoms in total. The van der Waals surface area contributed by atoms with Gasteiger partial charge in [-0.05, 0) is 42.5 Å². The molecule has 1 unspecified atom stereocenters. The number of aryl methyl sites for hydroxylation is 1. The number of benzene rings is 2. The molecule has 1 aliphatic heterocycles. The van der Waals surface area contributed by atoms with Gasteiger partial charge in [-0.1, -0.05) is 60.5 Å². The van der Waals surface area contributed by atoms with E-state index in [1.165, 1.54) is 5.56 Å². The summed E-state index contributed by atoms with van der Waals surface area (Å²) < 4.78 is 0. The van der Waals surface area contributed by atoms with Crippen LogP contribution in [0.1, 0.15) is 49.7 Å². The van der Waals surface area contributed by atoms with Gasteiger partial charge in [-0.2, -0.15) is 0 Å². The van der Waals surface area contributed by atoms with Crippen molar-refractivity contribution in [2.75, 3.05) is 4.90 Å². The van der Waals surface area contributed by atoms with Gasteiger partial charge < -0.3 is 0 Å². The molecule has 0 aromatic heterocycles. The summed E-state index contributed by atoms with van der Waals surface area (Å²) in [5.74, 6) is -0.126. The van der Waals surface area contributed by atoms with E-state index in [9.17, 15) is 9.59 Å². The van der Waals surface area contributed by atoms with E-state index in [1.807, 2.05) is 12.1 Å². The lowest BCUT2D eigenvalue weighted by atomic mass is 9.77. The third-order valence-corrected chi connectivity index (χ3v) is 6.45. The summed E-state index contributed by atoms with van der Waals surface area (Å²) in [6.07, 6.45) is 3.14. The minimum Gasteiger partial charge on any atom is -0.294 e.